The van der Waals surface area contributed by atoms with Crippen molar-refractivity contribution in [2.75, 3.05) is 37.7 Å². The Bertz CT molecular complexity index is 976. The first-order valence-electron chi connectivity index (χ1n) is 12.5. The van der Waals surface area contributed by atoms with Crippen LogP contribution in [0.5, 0.6) is 0 Å². The summed E-state index contributed by atoms with van der Waals surface area (Å²) in [4.78, 5) is 13.6. The lowest BCUT2D eigenvalue weighted by Gasteiger charge is -2.40. The van der Waals surface area contributed by atoms with Crippen LogP contribution in [0.25, 0.3) is 5.70 Å². The number of hydrogen-bond donors (Lipinski definition) is 2. The average molecular weight is 500 g/mol. The second-order valence-electron chi connectivity index (χ2n) is 9.14. The van der Waals surface area contributed by atoms with Crippen LogP contribution in [0.1, 0.15) is 50.2 Å². The highest BCUT2D eigenvalue weighted by atomic mass is 31.0. The quantitative estimate of drug-likeness (QED) is 0.168. The molecule has 0 aromatic heterocycles. The van der Waals surface area contributed by atoms with E-state index in [1.165, 1.54) is 0 Å². The number of hydrogen-bond acceptors (Lipinski definition) is 6. The van der Waals surface area contributed by atoms with E-state index in [2.05, 4.69) is 33.0 Å². The summed E-state index contributed by atoms with van der Waals surface area (Å²) in [7, 11) is 2.61. The van der Waals surface area contributed by atoms with Crippen LogP contribution >= 0.6 is 9.24 Å². The normalized spacial score (nSPS) is 16.0. The highest BCUT2D eigenvalue weighted by Gasteiger charge is 2.37. The van der Waals surface area contributed by atoms with Crippen LogP contribution in [0.3, 0.4) is 0 Å². The van der Waals surface area contributed by atoms with E-state index in [9.17, 15) is 15.2 Å². The largest absolute Gasteiger partial charge is 0.385 e. The Morgan fingerprint density at radius 2 is 1.94 bits per heavy atom. The molecular formula is C27H38N3O4P. The van der Waals surface area contributed by atoms with Gasteiger partial charge in [0.15, 0.2) is 0 Å². The SMILES string of the molecule is C=C(NCCCCOCCC)c1ccc(N2CCC(C(O)(P)c3ccccc3)CC2)c([N+](=O)[O-])c1. The third-order valence-electron chi connectivity index (χ3n) is 6.62. The van der Waals surface area contributed by atoms with Crippen LogP contribution in [0.2, 0.25) is 0 Å². The zero-order valence-electron chi connectivity index (χ0n) is 20.6. The smallest absolute Gasteiger partial charge is 0.293 e. The fraction of sp³-hybridized carbons (Fsp3) is 0.481. The minimum atomic E-state index is -1.01. The first kappa shape index (κ1) is 27.1. The van der Waals surface area contributed by atoms with Crippen molar-refractivity contribution in [2.45, 2.75) is 44.4 Å². The van der Waals surface area contributed by atoms with Gasteiger partial charge in [0, 0.05) is 50.2 Å². The lowest BCUT2D eigenvalue weighted by Crippen LogP contribution is -2.40. The zero-order valence-corrected chi connectivity index (χ0v) is 21.8. The number of anilines is 1. The number of rotatable bonds is 13. The van der Waals surface area contributed by atoms with Crippen LogP contribution in [-0.2, 0) is 10.1 Å². The van der Waals surface area contributed by atoms with Crippen LogP contribution in [-0.4, -0.2) is 42.9 Å². The second-order valence-corrected chi connectivity index (χ2v) is 10.0. The highest BCUT2D eigenvalue weighted by molar-refractivity contribution is 7.18. The van der Waals surface area contributed by atoms with Gasteiger partial charge in [-0.05, 0) is 49.7 Å². The zero-order chi connectivity index (χ0) is 25.3. The molecule has 1 aliphatic heterocycles. The average Bonchev–Trinajstić information content (AvgIpc) is 2.88. The molecule has 0 spiro atoms. The molecule has 1 aliphatic rings. The molecular weight excluding hydrogens is 461 g/mol. The van der Waals surface area contributed by atoms with E-state index in [4.69, 9.17) is 4.74 Å². The van der Waals surface area contributed by atoms with Gasteiger partial charge in [-0.25, -0.2) is 0 Å². The fourth-order valence-corrected chi connectivity index (χ4v) is 5.07. The third kappa shape index (κ3) is 7.26. The maximum atomic E-state index is 11.9. The molecule has 2 unspecified atom stereocenters. The molecule has 1 heterocycles. The Hall–Kier alpha value is -2.47. The van der Waals surface area contributed by atoms with Gasteiger partial charge in [-0.2, -0.15) is 0 Å². The van der Waals surface area contributed by atoms with E-state index >= 15 is 0 Å². The minimum Gasteiger partial charge on any atom is -0.385 e. The molecule has 0 radical (unpaired) electrons. The van der Waals surface area contributed by atoms with Gasteiger partial charge in [0.25, 0.3) is 5.69 Å². The lowest BCUT2D eigenvalue weighted by atomic mass is 9.86. The van der Waals surface area contributed by atoms with Crippen molar-refractivity contribution < 1.29 is 14.8 Å². The van der Waals surface area contributed by atoms with Crippen molar-refractivity contribution in [3.8, 4) is 0 Å². The van der Waals surface area contributed by atoms with Gasteiger partial charge in [0.1, 0.15) is 11.0 Å². The maximum absolute atomic E-state index is 11.9. The predicted octanol–water partition coefficient (Wildman–Crippen LogP) is 5.30. The Labute approximate surface area is 210 Å². The standard InChI is InChI=1S/C27H38N3O4P/c1-3-18-34-19-8-7-15-28-21(2)22-11-12-25(26(20-22)30(32)33)29-16-13-24(14-17-29)27(31,35)23-9-5-4-6-10-23/h4-6,9-12,20,24,28,31H,2-3,7-8,13-19,35H2,1H3. The lowest BCUT2D eigenvalue weighted by molar-refractivity contribution is -0.384. The molecule has 2 aromatic rings. The molecule has 1 saturated heterocycles. The molecule has 3 rings (SSSR count). The number of nitrogens with one attached hydrogen (secondary N) is 1. The van der Waals surface area contributed by atoms with Gasteiger partial charge < -0.3 is 20.1 Å². The molecule has 2 atom stereocenters. The van der Waals surface area contributed by atoms with E-state index in [0.717, 1.165) is 63.0 Å². The summed E-state index contributed by atoms with van der Waals surface area (Å²) in [6.45, 7) is 9.74. The molecule has 0 aliphatic carbocycles. The van der Waals surface area contributed by atoms with E-state index in [1.54, 1.807) is 6.07 Å². The molecule has 35 heavy (non-hydrogen) atoms. The summed E-state index contributed by atoms with van der Waals surface area (Å²) in [6.07, 6.45) is 4.41. The highest BCUT2D eigenvalue weighted by Crippen LogP contribution is 2.43. The van der Waals surface area contributed by atoms with Gasteiger partial charge in [-0.1, -0.05) is 59.1 Å². The first-order chi connectivity index (χ1) is 16.8. The van der Waals surface area contributed by atoms with E-state index in [0.29, 0.717) is 24.5 Å². The number of nitrogens with zero attached hydrogens (tertiary/aromatic N) is 2. The van der Waals surface area contributed by atoms with Crippen LogP contribution in [0.4, 0.5) is 11.4 Å². The van der Waals surface area contributed by atoms with Crippen molar-refractivity contribution in [3.05, 3.63) is 76.4 Å². The van der Waals surface area contributed by atoms with E-state index < -0.39 is 5.34 Å². The Balaban J connectivity index is 1.59. The molecule has 2 N–H and O–H groups in total. The number of piperidine rings is 1. The van der Waals surface area contributed by atoms with Crippen molar-refractivity contribution in [1.82, 2.24) is 5.32 Å². The Kier molecular flexibility index (Phi) is 10.1. The second kappa shape index (κ2) is 13.0. The summed E-state index contributed by atoms with van der Waals surface area (Å²) in [5, 5.41) is 25.3. The van der Waals surface area contributed by atoms with Crippen LogP contribution in [0, 0.1) is 16.0 Å². The van der Waals surface area contributed by atoms with Crippen LogP contribution in [0.15, 0.2) is 55.1 Å². The summed E-state index contributed by atoms with van der Waals surface area (Å²) in [5.74, 6) is 0.0563. The number of nitro groups is 1. The van der Waals surface area contributed by atoms with E-state index in [-0.39, 0.29) is 16.5 Å². The minimum absolute atomic E-state index is 0.0563. The van der Waals surface area contributed by atoms with Crippen molar-refractivity contribution in [1.29, 1.82) is 0 Å². The Morgan fingerprint density at radius 1 is 1.23 bits per heavy atom. The number of nitro benzene ring substituents is 1. The predicted molar refractivity (Wildman–Crippen MR) is 145 cm³/mol. The van der Waals surface area contributed by atoms with Gasteiger partial charge in [0.2, 0.25) is 0 Å². The van der Waals surface area contributed by atoms with E-state index in [1.807, 2.05) is 42.5 Å². The fourth-order valence-electron chi connectivity index (χ4n) is 4.54. The molecule has 8 heteroatoms. The Morgan fingerprint density at radius 3 is 2.60 bits per heavy atom. The molecule has 2 aromatic carbocycles. The summed E-state index contributed by atoms with van der Waals surface area (Å²) in [6, 6.07) is 15.0. The number of ether oxygens (including phenoxy) is 1. The molecule has 1 fully saturated rings. The van der Waals surface area contributed by atoms with Crippen molar-refractivity contribution >= 4 is 26.3 Å². The monoisotopic (exact) mass is 499 g/mol. The van der Waals surface area contributed by atoms with Gasteiger partial charge in [0.05, 0.1) is 4.92 Å². The molecule has 0 saturated carbocycles. The first-order valence-corrected chi connectivity index (χ1v) is 13.0. The molecule has 7 nitrogen and oxygen atoms in total. The number of unbranched alkanes of at least 4 members (excludes halogenated alkanes) is 1. The number of benzene rings is 2. The molecule has 190 valence electrons. The summed E-state index contributed by atoms with van der Waals surface area (Å²) < 4.78 is 5.49. The maximum Gasteiger partial charge on any atom is 0.293 e. The van der Waals surface area contributed by atoms with Gasteiger partial charge >= 0.3 is 0 Å². The van der Waals surface area contributed by atoms with Crippen LogP contribution < -0.4 is 10.2 Å². The third-order valence-corrected chi connectivity index (χ3v) is 7.42. The van der Waals surface area contributed by atoms with Gasteiger partial charge in [-0.15, -0.1) is 0 Å². The summed E-state index contributed by atoms with van der Waals surface area (Å²) in [5.41, 5.74) is 2.98. The topological polar surface area (TPSA) is 87.9 Å². The number of aliphatic hydroxyl groups is 1. The molecule has 0 bridgehead atoms. The summed E-state index contributed by atoms with van der Waals surface area (Å²) >= 11 is 0. The van der Waals surface area contributed by atoms with Crippen molar-refractivity contribution in [2.24, 2.45) is 5.92 Å². The molecule has 0 amide bonds. The van der Waals surface area contributed by atoms with Crippen molar-refractivity contribution in [3.63, 3.8) is 0 Å². The van der Waals surface area contributed by atoms with Gasteiger partial charge in [-0.3, -0.25) is 10.1 Å².